The first kappa shape index (κ1) is 16.3. The molecule has 0 aliphatic heterocycles. The Kier molecular flexibility index (Phi) is 6.07. The van der Waals surface area contributed by atoms with Crippen molar-refractivity contribution >= 4 is 17.5 Å². The summed E-state index contributed by atoms with van der Waals surface area (Å²) in [6.07, 6.45) is 7.33. The Hall–Kier alpha value is -1.06. The number of carbonyl (C=O) groups excluding carboxylic acids is 1. The van der Waals surface area contributed by atoms with E-state index in [0.717, 1.165) is 29.8 Å². The molecule has 1 fully saturated rings. The van der Waals surface area contributed by atoms with Gasteiger partial charge in [0.2, 0.25) is 5.91 Å². The van der Waals surface area contributed by atoms with Gasteiger partial charge in [-0.1, -0.05) is 43.0 Å². The minimum absolute atomic E-state index is 0.0123. The van der Waals surface area contributed by atoms with Crippen molar-refractivity contribution in [1.82, 2.24) is 10.6 Å². The fourth-order valence-electron chi connectivity index (χ4n) is 3.15. The number of hydrogen-bond donors (Lipinski definition) is 2. The van der Waals surface area contributed by atoms with Gasteiger partial charge in [-0.05, 0) is 44.0 Å². The van der Waals surface area contributed by atoms with Gasteiger partial charge in [-0.3, -0.25) is 4.79 Å². The van der Waals surface area contributed by atoms with E-state index < -0.39 is 0 Å². The Morgan fingerprint density at radius 3 is 2.71 bits per heavy atom. The molecular weight excluding hydrogens is 284 g/mol. The monoisotopic (exact) mass is 308 g/mol. The number of nitrogens with one attached hydrogen (secondary N) is 2. The van der Waals surface area contributed by atoms with E-state index in [-0.39, 0.29) is 11.4 Å². The lowest BCUT2D eigenvalue weighted by Gasteiger charge is -2.36. The maximum absolute atomic E-state index is 12.2. The van der Waals surface area contributed by atoms with Crippen LogP contribution in [-0.2, 0) is 11.2 Å². The molecule has 2 rings (SSSR count). The SMILES string of the molecule is CNC1(CC(=O)NCCc2cccc(Cl)c2)CCCCC1. The number of hydrogen-bond acceptors (Lipinski definition) is 2. The van der Waals surface area contributed by atoms with E-state index in [1.54, 1.807) is 0 Å². The van der Waals surface area contributed by atoms with Gasteiger partial charge in [-0.2, -0.15) is 0 Å². The molecule has 0 heterocycles. The highest BCUT2D eigenvalue weighted by molar-refractivity contribution is 6.30. The lowest BCUT2D eigenvalue weighted by molar-refractivity contribution is -0.122. The predicted molar refractivity (Wildman–Crippen MR) is 87.7 cm³/mol. The third kappa shape index (κ3) is 5.01. The van der Waals surface area contributed by atoms with Crippen molar-refractivity contribution in [2.75, 3.05) is 13.6 Å². The zero-order valence-electron chi connectivity index (χ0n) is 12.8. The van der Waals surface area contributed by atoms with E-state index in [2.05, 4.69) is 10.6 Å². The van der Waals surface area contributed by atoms with Crippen molar-refractivity contribution in [3.63, 3.8) is 0 Å². The van der Waals surface area contributed by atoms with Crippen LogP contribution in [0.5, 0.6) is 0 Å². The second-order valence-electron chi connectivity index (χ2n) is 6.00. The first-order valence-corrected chi connectivity index (χ1v) is 8.21. The van der Waals surface area contributed by atoms with Crippen molar-refractivity contribution in [2.24, 2.45) is 0 Å². The molecule has 1 aromatic carbocycles. The van der Waals surface area contributed by atoms with Gasteiger partial charge in [0.25, 0.3) is 0 Å². The fourth-order valence-corrected chi connectivity index (χ4v) is 3.37. The molecule has 4 heteroatoms. The van der Waals surface area contributed by atoms with Gasteiger partial charge in [0.05, 0.1) is 0 Å². The minimum Gasteiger partial charge on any atom is -0.356 e. The molecule has 1 saturated carbocycles. The molecule has 1 aromatic rings. The normalized spacial score (nSPS) is 17.4. The second kappa shape index (κ2) is 7.81. The predicted octanol–water partition coefficient (Wildman–Crippen LogP) is 3.31. The van der Waals surface area contributed by atoms with E-state index in [4.69, 9.17) is 11.6 Å². The molecule has 3 nitrogen and oxygen atoms in total. The molecule has 2 N–H and O–H groups in total. The first-order chi connectivity index (χ1) is 10.1. The summed E-state index contributed by atoms with van der Waals surface area (Å²) in [6.45, 7) is 0.666. The minimum atomic E-state index is 0.0123. The summed E-state index contributed by atoms with van der Waals surface area (Å²) >= 11 is 5.96. The third-order valence-electron chi connectivity index (χ3n) is 4.46. The number of carbonyl (C=O) groups is 1. The highest BCUT2D eigenvalue weighted by Gasteiger charge is 2.32. The first-order valence-electron chi connectivity index (χ1n) is 7.84. The van der Waals surface area contributed by atoms with Crippen LogP contribution in [0, 0.1) is 0 Å². The van der Waals surface area contributed by atoms with Gasteiger partial charge in [0, 0.05) is 23.5 Å². The Morgan fingerprint density at radius 2 is 2.05 bits per heavy atom. The molecule has 0 saturated heterocycles. The fraction of sp³-hybridized carbons (Fsp3) is 0.588. The van der Waals surface area contributed by atoms with Crippen LogP contribution in [0.2, 0.25) is 5.02 Å². The van der Waals surface area contributed by atoms with Gasteiger partial charge in [-0.25, -0.2) is 0 Å². The van der Waals surface area contributed by atoms with E-state index in [1.165, 1.54) is 19.3 Å². The van der Waals surface area contributed by atoms with Crippen molar-refractivity contribution in [3.8, 4) is 0 Å². The summed E-state index contributed by atoms with van der Waals surface area (Å²) in [6, 6.07) is 7.79. The Labute approximate surface area is 132 Å². The van der Waals surface area contributed by atoms with E-state index in [1.807, 2.05) is 31.3 Å². The van der Waals surface area contributed by atoms with Gasteiger partial charge < -0.3 is 10.6 Å². The molecule has 116 valence electrons. The smallest absolute Gasteiger partial charge is 0.221 e. The lowest BCUT2D eigenvalue weighted by Crippen LogP contribution is -2.48. The maximum Gasteiger partial charge on any atom is 0.221 e. The second-order valence-corrected chi connectivity index (χ2v) is 6.43. The molecule has 0 spiro atoms. The van der Waals surface area contributed by atoms with Gasteiger partial charge in [-0.15, -0.1) is 0 Å². The van der Waals surface area contributed by atoms with Crippen LogP contribution in [0.15, 0.2) is 24.3 Å². The average Bonchev–Trinajstić information content (AvgIpc) is 2.48. The van der Waals surface area contributed by atoms with E-state index in [9.17, 15) is 4.79 Å². The van der Waals surface area contributed by atoms with Gasteiger partial charge >= 0.3 is 0 Å². The lowest BCUT2D eigenvalue weighted by atomic mass is 9.79. The topological polar surface area (TPSA) is 41.1 Å². The van der Waals surface area contributed by atoms with Crippen molar-refractivity contribution in [1.29, 1.82) is 0 Å². The van der Waals surface area contributed by atoms with Gasteiger partial charge in [0.1, 0.15) is 0 Å². The van der Waals surface area contributed by atoms with Crippen LogP contribution >= 0.6 is 11.6 Å². The number of rotatable bonds is 6. The molecular formula is C17H25ClN2O. The zero-order chi connectivity index (χ0) is 15.1. The molecule has 0 atom stereocenters. The van der Waals surface area contributed by atoms with E-state index >= 15 is 0 Å². The maximum atomic E-state index is 12.2. The largest absolute Gasteiger partial charge is 0.356 e. The molecule has 0 unspecified atom stereocenters. The molecule has 21 heavy (non-hydrogen) atoms. The van der Waals surface area contributed by atoms with Gasteiger partial charge in [0.15, 0.2) is 0 Å². The average molecular weight is 309 g/mol. The van der Waals surface area contributed by atoms with Crippen LogP contribution in [0.25, 0.3) is 0 Å². The summed E-state index contributed by atoms with van der Waals surface area (Å²) in [4.78, 5) is 12.2. The van der Waals surface area contributed by atoms with Crippen molar-refractivity contribution in [2.45, 2.75) is 50.5 Å². The third-order valence-corrected chi connectivity index (χ3v) is 4.70. The Morgan fingerprint density at radius 1 is 1.29 bits per heavy atom. The Balaban J connectivity index is 1.76. The van der Waals surface area contributed by atoms with Crippen LogP contribution in [0.4, 0.5) is 0 Å². The number of amides is 1. The van der Waals surface area contributed by atoms with Crippen LogP contribution in [-0.4, -0.2) is 25.0 Å². The molecule has 0 bridgehead atoms. The molecule has 0 aromatic heterocycles. The standard InChI is InChI=1S/C17H25ClN2O/c1-19-17(9-3-2-4-10-17)13-16(21)20-11-8-14-6-5-7-15(18)12-14/h5-7,12,19H,2-4,8-11,13H2,1H3,(H,20,21). The summed E-state index contributed by atoms with van der Waals surface area (Å²) in [5, 5.41) is 7.17. The van der Waals surface area contributed by atoms with Crippen molar-refractivity contribution < 1.29 is 4.79 Å². The quantitative estimate of drug-likeness (QED) is 0.846. The zero-order valence-corrected chi connectivity index (χ0v) is 13.5. The summed E-state index contributed by atoms with van der Waals surface area (Å²) < 4.78 is 0. The number of benzene rings is 1. The van der Waals surface area contributed by atoms with Crippen LogP contribution in [0.3, 0.4) is 0 Å². The molecule has 1 amide bonds. The van der Waals surface area contributed by atoms with Crippen LogP contribution in [0.1, 0.15) is 44.1 Å². The Bertz CT molecular complexity index is 470. The summed E-state index contributed by atoms with van der Waals surface area (Å²) in [5.41, 5.74) is 1.17. The summed E-state index contributed by atoms with van der Waals surface area (Å²) in [5.74, 6) is 0.147. The summed E-state index contributed by atoms with van der Waals surface area (Å²) in [7, 11) is 1.98. The van der Waals surface area contributed by atoms with E-state index in [0.29, 0.717) is 13.0 Å². The molecule has 1 aliphatic carbocycles. The van der Waals surface area contributed by atoms with Crippen molar-refractivity contribution in [3.05, 3.63) is 34.9 Å². The van der Waals surface area contributed by atoms with Crippen LogP contribution < -0.4 is 10.6 Å². The molecule has 0 radical (unpaired) electrons. The highest BCUT2D eigenvalue weighted by atomic mass is 35.5. The number of halogens is 1. The highest BCUT2D eigenvalue weighted by Crippen LogP contribution is 2.30. The molecule has 1 aliphatic rings.